The van der Waals surface area contributed by atoms with Gasteiger partial charge >= 0.3 is 0 Å². The topological polar surface area (TPSA) is 322 Å². The Labute approximate surface area is 298 Å². The highest BCUT2D eigenvalue weighted by Crippen LogP contribution is 2.33. The molecule has 5 rings (SSSR count). The van der Waals surface area contributed by atoms with E-state index in [1.54, 1.807) is 24.3 Å². The first-order chi connectivity index (χ1) is 24.7. The van der Waals surface area contributed by atoms with Gasteiger partial charge in [0.05, 0.1) is 45.1 Å². The number of aliphatic hydroxyl groups excluding tert-OH is 12. The molecule has 4 aliphatic rings. The van der Waals surface area contributed by atoms with Gasteiger partial charge in [0.15, 0.2) is 18.8 Å². The Morgan fingerprint density at radius 1 is 0.654 bits per heavy atom. The summed E-state index contributed by atoms with van der Waals surface area (Å²) in [7, 11) is 1.50. The third-order valence-corrected chi connectivity index (χ3v) is 9.90. The number of methoxy groups -OCH3 is 1. The Hall–Kier alpha value is -2.16. The maximum atomic E-state index is 11.1. The fourth-order valence-electron chi connectivity index (χ4n) is 6.80. The smallest absolute Gasteiger partial charge is 0.187 e. The minimum absolute atomic E-state index is 0.0256. The van der Waals surface area contributed by atoms with Gasteiger partial charge in [-0.1, -0.05) is 6.08 Å². The molecule has 3 heterocycles. The standard InChI is InChI=1S/C32H50N2O18/c1-11-18(34-15-7-12(8-35)19(38)22(41)20(15)39)21(40)26(45)31(48-11)51-29-17(10-37)50-32(27(46)24(29)43)52-28-16(9-36)49-30(25(44)23(28)42)33-13-3-5-14(47-2)6-4-13/h3-7,11,15-46H,8-10H2,1-2H3. The summed E-state index contributed by atoms with van der Waals surface area (Å²) in [5, 5.41) is 132. The van der Waals surface area contributed by atoms with E-state index in [-0.39, 0.29) is 5.57 Å². The Balaban J connectivity index is 1.21. The van der Waals surface area contributed by atoms with E-state index < -0.39 is 136 Å². The number of hydrogen-bond acceptors (Lipinski definition) is 20. The van der Waals surface area contributed by atoms with Crippen molar-refractivity contribution in [2.45, 2.75) is 123 Å². The van der Waals surface area contributed by atoms with Gasteiger partial charge in [-0.05, 0) is 36.8 Å². The van der Waals surface area contributed by atoms with Gasteiger partial charge < -0.3 is 100 Å². The molecule has 20 heteroatoms. The van der Waals surface area contributed by atoms with E-state index in [0.717, 1.165) is 0 Å². The molecule has 19 atom stereocenters. The van der Waals surface area contributed by atoms with Crippen LogP contribution in [0.25, 0.3) is 0 Å². The zero-order chi connectivity index (χ0) is 38.0. The lowest BCUT2D eigenvalue weighted by atomic mass is 9.86. The molecule has 1 aromatic carbocycles. The Morgan fingerprint density at radius 3 is 1.79 bits per heavy atom. The highest BCUT2D eigenvalue weighted by atomic mass is 16.7. The van der Waals surface area contributed by atoms with Gasteiger partial charge in [-0.2, -0.15) is 0 Å². The van der Waals surface area contributed by atoms with Crippen LogP contribution < -0.4 is 15.4 Å². The van der Waals surface area contributed by atoms with Crippen molar-refractivity contribution in [3.63, 3.8) is 0 Å². The van der Waals surface area contributed by atoms with Gasteiger partial charge in [0.2, 0.25) is 0 Å². The van der Waals surface area contributed by atoms with Crippen molar-refractivity contribution in [2.24, 2.45) is 0 Å². The van der Waals surface area contributed by atoms with Crippen LogP contribution in [0.1, 0.15) is 6.92 Å². The maximum absolute atomic E-state index is 11.1. The van der Waals surface area contributed by atoms with Gasteiger partial charge in [0.25, 0.3) is 0 Å². The quantitative estimate of drug-likeness (QED) is 0.0883. The van der Waals surface area contributed by atoms with Crippen LogP contribution in [0.5, 0.6) is 5.75 Å². The molecule has 20 nitrogen and oxygen atoms in total. The summed E-state index contributed by atoms with van der Waals surface area (Å²) in [6, 6.07) is 4.41. The molecule has 3 fully saturated rings. The van der Waals surface area contributed by atoms with E-state index in [4.69, 9.17) is 28.4 Å². The SMILES string of the molecule is COc1ccc(NC2OC(CO)C(OC3OC(CO)C(OC4OC(C)C(NC5C=C(CO)C(O)C(O)C5O)C(O)C4O)C(O)C3O)C(O)C2O)cc1. The molecule has 0 radical (unpaired) electrons. The zero-order valence-electron chi connectivity index (χ0n) is 28.3. The minimum atomic E-state index is -1.92. The van der Waals surface area contributed by atoms with Crippen LogP contribution in [0.4, 0.5) is 5.69 Å². The molecule has 296 valence electrons. The molecule has 3 saturated heterocycles. The molecule has 1 aliphatic carbocycles. The average Bonchev–Trinajstić information content (AvgIpc) is 3.14. The molecule has 0 aromatic heterocycles. The van der Waals surface area contributed by atoms with E-state index in [2.05, 4.69) is 10.6 Å². The zero-order valence-corrected chi connectivity index (χ0v) is 28.3. The molecular formula is C32H50N2O18. The highest BCUT2D eigenvalue weighted by molar-refractivity contribution is 5.47. The summed E-state index contributed by atoms with van der Waals surface area (Å²) in [4.78, 5) is 0. The predicted octanol–water partition coefficient (Wildman–Crippen LogP) is -6.44. The lowest BCUT2D eigenvalue weighted by Gasteiger charge is -2.49. The largest absolute Gasteiger partial charge is 0.497 e. The van der Waals surface area contributed by atoms with Crippen LogP contribution >= 0.6 is 0 Å². The Bertz CT molecular complexity index is 1310. The summed E-state index contributed by atoms with van der Waals surface area (Å²) in [6.45, 7) is -0.657. The highest BCUT2D eigenvalue weighted by Gasteiger charge is 2.53. The molecular weight excluding hydrogens is 700 g/mol. The molecule has 52 heavy (non-hydrogen) atoms. The molecule has 0 saturated carbocycles. The van der Waals surface area contributed by atoms with Crippen molar-refractivity contribution in [1.82, 2.24) is 5.32 Å². The Kier molecular flexibility index (Phi) is 13.8. The number of aliphatic hydroxyl groups is 12. The van der Waals surface area contributed by atoms with Crippen LogP contribution in [-0.4, -0.2) is 205 Å². The third kappa shape index (κ3) is 8.39. The van der Waals surface area contributed by atoms with Crippen molar-refractivity contribution in [3.8, 4) is 5.75 Å². The molecule has 19 unspecified atom stereocenters. The molecule has 3 aliphatic heterocycles. The van der Waals surface area contributed by atoms with E-state index in [0.29, 0.717) is 11.4 Å². The van der Waals surface area contributed by atoms with E-state index in [1.165, 1.54) is 20.1 Å². The van der Waals surface area contributed by atoms with Crippen molar-refractivity contribution >= 4 is 5.69 Å². The summed E-state index contributed by atoms with van der Waals surface area (Å²) >= 11 is 0. The molecule has 0 amide bonds. The second kappa shape index (κ2) is 17.5. The molecule has 14 N–H and O–H groups in total. The summed E-state index contributed by atoms with van der Waals surface area (Å²) in [5.74, 6) is 0.577. The van der Waals surface area contributed by atoms with Gasteiger partial charge in [0.1, 0.15) is 85.1 Å². The number of benzene rings is 1. The van der Waals surface area contributed by atoms with Gasteiger partial charge in [-0.25, -0.2) is 0 Å². The second-order valence-corrected chi connectivity index (χ2v) is 13.3. The monoisotopic (exact) mass is 750 g/mol. The number of rotatable bonds is 12. The molecule has 0 spiro atoms. The summed E-state index contributed by atoms with van der Waals surface area (Å²) in [5.41, 5.74) is 0.523. The van der Waals surface area contributed by atoms with E-state index >= 15 is 0 Å². The predicted molar refractivity (Wildman–Crippen MR) is 172 cm³/mol. The fourth-order valence-corrected chi connectivity index (χ4v) is 6.80. The fraction of sp³-hybridized carbons (Fsp3) is 0.750. The lowest BCUT2D eigenvalue weighted by Crippen LogP contribution is -2.68. The van der Waals surface area contributed by atoms with E-state index in [1.807, 2.05) is 0 Å². The van der Waals surface area contributed by atoms with Gasteiger partial charge in [-0.15, -0.1) is 0 Å². The van der Waals surface area contributed by atoms with Crippen molar-refractivity contribution in [2.75, 3.05) is 32.2 Å². The average molecular weight is 751 g/mol. The molecule has 1 aromatic rings. The van der Waals surface area contributed by atoms with Crippen molar-refractivity contribution in [1.29, 1.82) is 0 Å². The van der Waals surface area contributed by atoms with E-state index in [9.17, 15) is 61.3 Å². The van der Waals surface area contributed by atoms with Gasteiger partial charge in [-0.3, -0.25) is 0 Å². The first-order valence-electron chi connectivity index (χ1n) is 16.8. The lowest BCUT2D eigenvalue weighted by molar-refractivity contribution is -0.367. The van der Waals surface area contributed by atoms with Crippen molar-refractivity contribution < 1.29 is 89.7 Å². The second-order valence-electron chi connectivity index (χ2n) is 13.3. The number of nitrogens with one attached hydrogen (secondary N) is 2. The normalized spacial score (nSPS) is 45.7. The van der Waals surface area contributed by atoms with Crippen LogP contribution in [0.3, 0.4) is 0 Å². The third-order valence-electron chi connectivity index (χ3n) is 9.90. The maximum Gasteiger partial charge on any atom is 0.187 e. The van der Waals surface area contributed by atoms with Gasteiger partial charge in [0, 0.05) is 5.69 Å². The summed E-state index contributed by atoms with van der Waals surface area (Å²) < 4.78 is 33.8. The van der Waals surface area contributed by atoms with Crippen LogP contribution in [-0.2, 0) is 23.7 Å². The summed E-state index contributed by atoms with van der Waals surface area (Å²) in [6.07, 6.45) is -25.4. The number of ether oxygens (including phenoxy) is 6. The van der Waals surface area contributed by atoms with Crippen LogP contribution in [0.15, 0.2) is 35.9 Å². The van der Waals surface area contributed by atoms with Crippen LogP contribution in [0.2, 0.25) is 0 Å². The Morgan fingerprint density at radius 2 is 1.21 bits per heavy atom. The molecule has 0 bridgehead atoms. The van der Waals surface area contributed by atoms with Crippen molar-refractivity contribution in [3.05, 3.63) is 35.9 Å². The minimum Gasteiger partial charge on any atom is -0.497 e. The number of hydrogen-bond donors (Lipinski definition) is 14. The number of anilines is 1. The first kappa shape index (κ1) is 41.0. The first-order valence-corrected chi connectivity index (χ1v) is 16.8. The van der Waals surface area contributed by atoms with Crippen LogP contribution in [0, 0.1) is 0 Å².